The van der Waals surface area contributed by atoms with Crippen LogP contribution in [0.2, 0.25) is 0 Å². The number of amides is 1. The van der Waals surface area contributed by atoms with Crippen molar-refractivity contribution in [2.75, 3.05) is 36.7 Å². The number of nitrogens with zero attached hydrogens (tertiary/aromatic N) is 3. The molecule has 0 fully saturated rings. The Labute approximate surface area is 210 Å². The number of thioether (sulfide) groups is 1. The Balaban J connectivity index is 1.70. The first kappa shape index (κ1) is 24.5. The Morgan fingerprint density at radius 2 is 1.89 bits per heavy atom. The average molecular weight is 487 g/mol. The number of nitrogens with one attached hydrogen (secondary N) is 2. The summed E-state index contributed by atoms with van der Waals surface area (Å²) in [6, 6.07) is 17.5. The fraction of sp³-hybridized carbons (Fsp3) is 0.259. The number of carbonyl (C=O) groups excluding carboxylic acids is 1. The molecule has 1 atom stereocenters. The molecule has 0 bridgehead atoms. The Bertz CT molecular complexity index is 1330. The second kappa shape index (κ2) is 10.7. The van der Waals surface area contributed by atoms with Gasteiger partial charge >= 0.3 is 0 Å². The predicted octanol–water partition coefficient (Wildman–Crippen LogP) is 4.76. The second-order valence-corrected chi connectivity index (χ2v) is 9.34. The van der Waals surface area contributed by atoms with Crippen LogP contribution in [0.3, 0.4) is 0 Å². The van der Waals surface area contributed by atoms with Gasteiger partial charge in [-0.25, -0.2) is 9.97 Å². The fourth-order valence-corrected chi connectivity index (χ4v) is 5.39. The summed E-state index contributed by atoms with van der Waals surface area (Å²) in [5.74, 6) is 1.53. The van der Waals surface area contributed by atoms with Gasteiger partial charge in [0.05, 0.1) is 16.8 Å². The number of anilines is 2. The van der Waals surface area contributed by atoms with Crippen LogP contribution in [0.1, 0.15) is 29.3 Å². The number of pyridine rings is 1. The molecule has 0 aliphatic carbocycles. The van der Waals surface area contributed by atoms with Crippen molar-refractivity contribution in [1.82, 2.24) is 20.3 Å². The highest BCUT2D eigenvalue weighted by molar-refractivity contribution is 7.98. The third-order valence-corrected chi connectivity index (χ3v) is 7.23. The van der Waals surface area contributed by atoms with E-state index in [1.54, 1.807) is 37.4 Å². The second-order valence-electron chi connectivity index (χ2n) is 8.47. The van der Waals surface area contributed by atoms with Gasteiger partial charge in [-0.1, -0.05) is 37.3 Å². The fourth-order valence-electron chi connectivity index (χ4n) is 4.38. The van der Waals surface area contributed by atoms with E-state index in [1.807, 2.05) is 42.5 Å². The van der Waals surface area contributed by atoms with Gasteiger partial charge in [0, 0.05) is 53.7 Å². The molecule has 1 amide bonds. The molecule has 0 aliphatic rings. The minimum absolute atomic E-state index is 0.115. The molecule has 0 saturated heterocycles. The third-order valence-electron chi connectivity index (χ3n) is 6.39. The SMILES string of the molecule is CCC(CNc1cc(-c2ccc(N)cc2)ncn1)(CSC)c1cccc2c(C(=O)NC)ccnc12. The summed E-state index contributed by atoms with van der Waals surface area (Å²) >= 11 is 1.80. The van der Waals surface area contributed by atoms with Gasteiger partial charge in [-0.05, 0) is 36.4 Å². The molecule has 8 heteroatoms. The molecule has 2 aromatic carbocycles. The highest BCUT2D eigenvalue weighted by atomic mass is 32.2. The molecule has 4 rings (SSSR count). The number of hydrogen-bond donors (Lipinski definition) is 3. The van der Waals surface area contributed by atoms with Gasteiger partial charge in [-0.2, -0.15) is 11.8 Å². The van der Waals surface area contributed by atoms with E-state index in [1.165, 1.54) is 0 Å². The standard InChI is InChI=1S/C27H30N6OS/c1-4-27(16-35-3,22-7-5-6-20-21(26(34)29-2)12-13-30-25(20)22)15-31-24-14-23(32-17-33-24)18-8-10-19(28)11-9-18/h5-14,17H,4,15-16,28H2,1-3H3,(H,29,34)(H,31,32,33). The van der Waals surface area contributed by atoms with Crippen molar-refractivity contribution in [3.8, 4) is 11.3 Å². The van der Waals surface area contributed by atoms with E-state index in [9.17, 15) is 4.79 Å². The number of para-hydroxylation sites is 1. The number of fused-ring (bicyclic) bond motifs is 1. The largest absolute Gasteiger partial charge is 0.399 e. The van der Waals surface area contributed by atoms with Crippen LogP contribution in [0.25, 0.3) is 22.2 Å². The van der Waals surface area contributed by atoms with E-state index in [0.717, 1.165) is 45.7 Å². The Morgan fingerprint density at radius 3 is 2.60 bits per heavy atom. The summed E-state index contributed by atoms with van der Waals surface area (Å²) in [4.78, 5) is 26.1. The van der Waals surface area contributed by atoms with E-state index in [2.05, 4.69) is 39.8 Å². The Kier molecular flexibility index (Phi) is 7.51. The van der Waals surface area contributed by atoms with E-state index < -0.39 is 0 Å². The van der Waals surface area contributed by atoms with E-state index in [0.29, 0.717) is 17.8 Å². The van der Waals surface area contributed by atoms with Crippen molar-refractivity contribution in [3.05, 3.63) is 78.2 Å². The minimum Gasteiger partial charge on any atom is -0.399 e. The van der Waals surface area contributed by atoms with Crippen LogP contribution in [0, 0.1) is 0 Å². The lowest BCUT2D eigenvalue weighted by atomic mass is 9.78. The summed E-state index contributed by atoms with van der Waals surface area (Å²) in [5, 5.41) is 7.15. The molecule has 1 unspecified atom stereocenters. The van der Waals surface area contributed by atoms with Gasteiger partial charge in [0.15, 0.2) is 0 Å². The third kappa shape index (κ3) is 5.07. The number of benzene rings is 2. The summed E-state index contributed by atoms with van der Waals surface area (Å²) in [7, 11) is 1.65. The molecule has 180 valence electrons. The van der Waals surface area contributed by atoms with Crippen molar-refractivity contribution >= 4 is 40.1 Å². The summed E-state index contributed by atoms with van der Waals surface area (Å²) in [5.41, 5.74) is 10.7. The van der Waals surface area contributed by atoms with Crippen molar-refractivity contribution in [2.24, 2.45) is 0 Å². The Hall–Kier alpha value is -3.65. The molecule has 0 spiro atoms. The van der Waals surface area contributed by atoms with Crippen LogP contribution in [-0.2, 0) is 5.41 Å². The lowest BCUT2D eigenvalue weighted by molar-refractivity contribution is 0.0964. The zero-order chi connectivity index (χ0) is 24.8. The molecule has 4 aromatic rings. The zero-order valence-corrected chi connectivity index (χ0v) is 21.0. The molecule has 7 nitrogen and oxygen atoms in total. The van der Waals surface area contributed by atoms with Crippen LogP contribution in [-0.4, -0.2) is 46.5 Å². The van der Waals surface area contributed by atoms with Gasteiger partial charge in [-0.15, -0.1) is 0 Å². The van der Waals surface area contributed by atoms with Gasteiger partial charge in [0.25, 0.3) is 5.91 Å². The number of carbonyl (C=O) groups is 1. The predicted molar refractivity (Wildman–Crippen MR) is 146 cm³/mol. The quantitative estimate of drug-likeness (QED) is 0.293. The molecule has 35 heavy (non-hydrogen) atoms. The monoisotopic (exact) mass is 486 g/mol. The van der Waals surface area contributed by atoms with Gasteiger partial charge in [0.1, 0.15) is 12.1 Å². The first-order valence-electron chi connectivity index (χ1n) is 11.5. The smallest absolute Gasteiger partial charge is 0.251 e. The van der Waals surface area contributed by atoms with E-state index in [4.69, 9.17) is 10.7 Å². The molecule has 2 heterocycles. The van der Waals surface area contributed by atoms with Crippen LogP contribution in [0.15, 0.2) is 67.1 Å². The van der Waals surface area contributed by atoms with E-state index >= 15 is 0 Å². The van der Waals surface area contributed by atoms with Crippen LogP contribution < -0.4 is 16.4 Å². The van der Waals surface area contributed by atoms with Crippen molar-refractivity contribution < 1.29 is 4.79 Å². The number of rotatable bonds is 9. The number of nitrogen functional groups attached to an aromatic ring is 1. The van der Waals surface area contributed by atoms with Gasteiger partial charge < -0.3 is 16.4 Å². The number of hydrogen-bond acceptors (Lipinski definition) is 7. The van der Waals surface area contributed by atoms with Crippen LogP contribution in [0.5, 0.6) is 0 Å². The van der Waals surface area contributed by atoms with Crippen LogP contribution in [0.4, 0.5) is 11.5 Å². The van der Waals surface area contributed by atoms with Crippen LogP contribution >= 0.6 is 11.8 Å². The summed E-state index contributed by atoms with van der Waals surface area (Å²) < 4.78 is 0. The normalized spacial score (nSPS) is 12.8. The lowest BCUT2D eigenvalue weighted by Crippen LogP contribution is -2.37. The molecule has 4 N–H and O–H groups in total. The first-order valence-corrected chi connectivity index (χ1v) is 12.9. The maximum Gasteiger partial charge on any atom is 0.251 e. The zero-order valence-electron chi connectivity index (χ0n) is 20.2. The molecule has 0 radical (unpaired) electrons. The minimum atomic E-state index is -0.223. The van der Waals surface area contributed by atoms with Crippen molar-refractivity contribution in [1.29, 1.82) is 0 Å². The number of aromatic nitrogens is 3. The summed E-state index contributed by atoms with van der Waals surface area (Å²) in [6.45, 7) is 2.85. The topological polar surface area (TPSA) is 106 Å². The highest BCUT2D eigenvalue weighted by Gasteiger charge is 2.32. The maximum absolute atomic E-state index is 12.5. The molecular formula is C27H30N6OS. The average Bonchev–Trinajstić information content (AvgIpc) is 2.90. The number of nitrogens with two attached hydrogens (primary N) is 1. The molecule has 0 saturated carbocycles. The van der Waals surface area contributed by atoms with Crippen molar-refractivity contribution in [3.63, 3.8) is 0 Å². The lowest BCUT2D eigenvalue weighted by Gasteiger charge is -2.34. The first-order chi connectivity index (χ1) is 17.0. The summed E-state index contributed by atoms with van der Waals surface area (Å²) in [6.07, 6.45) is 6.29. The van der Waals surface area contributed by atoms with E-state index in [-0.39, 0.29) is 11.3 Å². The molecular weight excluding hydrogens is 456 g/mol. The Morgan fingerprint density at radius 1 is 1.09 bits per heavy atom. The maximum atomic E-state index is 12.5. The van der Waals surface area contributed by atoms with Gasteiger partial charge in [-0.3, -0.25) is 9.78 Å². The molecule has 0 aliphatic heterocycles. The van der Waals surface area contributed by atoms with Crippen molar-refractivity contribution in [2.45, 2.75) is 18.8 Å². The highest BCUT2D eigenvalue weighted by Crippen LogP contribution is 2.36. The molecule has 2 aromatic heterocycles. The van der Waals surface area contributed by atoms with Gasteiger partial charge in [0.2, 0.25) is 0 Å².